The summed E-state index contributed by atoms with van der Waals surface area (Å²) in [4.78, 5) is 0. The van der Waals surface area contributed by atoms with Gasteiger partial charge in [0.05, 0.1) is 6.61 Å². The second-order valence-electron chi connectivity index (χ2n) is 4.59. The topological polar surface area (TPSA) is 29.5 Å². The lowest BCUT2D eigenvalue weighted by molar-refractivity contribution is 0.0739. The first-order valence-electron chi connectivity index (χ1n) is 6.78. The highest BCUT2D eigenvalue weighted by Gasteiger charge is 2.33. The van der Waals surface area contributed by atoms with Gasteiger partial charge in [0.15, 0.2) is 0 Å². The van der Waals surface area contributed by atoms with Crippen LogP contribution < -0.4 is 4.74 Å². The Labute approximate surface area is 125 Å². The summed E-state index contributed by atoms with van der Waals surface area (Å²) >= 11 is 5.91. The van der Waals surface area contributed by atoms with Gasteiger partial charge in [-0.2, -0.15) is 0 Å². The van der Waals surface area contributed by atoms with Crippen LogP contribution in [0.15, 0.2) is 54.6 Å². The molecule has 0 aromatic heterocycles. The number of para-hydroxylation sites is 1. The molecule has 0 spiro atoms. The van der Waals surface area contributed by atoms with Crippen LogP contribution in [-0.4, -0.2) is 17.6 Å². The average molecular weight is 291 g/mol. The van der Waals surface area contributed by atoms with Crippen LogP contribution in [0.2, 0.25) is 0 Å². The fourth-order valence-corrected chi connectivity index (χ4v) is 2.65. The minimum atomic E-state index is -1.13. The van der Waals surface area contributed by atoms with Crippen LogP contribution in [0.5, 0.6) is 5.75 Å². The van der Waals surface area contributed by atoms with Crippen molar-refractivity contribution < 1.29 is 9.84 Å². The van der Waals surface area contributed by atoms with Gasteiger partial charge in [0.2, 0.25) is 0 Å². The minimum Gasteiger partial charge on any atom is -0.493 e. The van der Waals surface area contributed by atoms with Crippen molar-refractivity contribution >= 4 is 11.6 Å². The maximum atomic E-state index is 11.2. The lowest BCUT2D eigenvalue weighted by Crippen LogP contribution is -2.28. The van der Waals surface area contributed by atoms with Gasteiger partial charge < -0.3 is 9.84 Å². The number of alkyl halides is 1. The first kappa shape index (κ1) is 14.9. The molecular formula is C17H19ClO2. The third-order valence-electron chi connectivity index (χ3n) is 3.34. The van der Waals surface area contributed by atoms with Crippen molar-refractivity contribution in [2.45, 2.75) is 18.9 Å². The van der Waals surface area contributed by atoms with Crippen molar-refractivity contribution in [1.82, 2.24) is 0 Å². The molecule has 106 valence electrons. The highest BCUT2D eigenvalue weighted by atomic mass is 35.5. The third kappa shape index (κ3) is 2.97. The predicted molar refractivity (Wildman–Crippen MR) is 82.4 cm³/mol. The van der Waals surface area contributed by atoms with E-state index in [1.807, 2.05) is 61.5 Å². The van der Waals surface area contributed by atoms with Gasteiger partial charge in [0.1, 0.15) is 11.4 Å². The maximum absolute atomic E-state index is 11.2. The molecule has 0 saturated carbocycles. The number of hydrogen-bond donors (Lipinski definition) is 1. The van der Waals surface area contributed by atoms with Gasteiger partial charge in [0, 0.05) is 11.4 Å². The molecule has 0 aliphatic carbocycles. The Hall–Kier alpha value is -1.51. The molecular weight excluding hydrogens is 272 g/mol. The first-order chi connectivity index (χ1) is 9.72. The van der Waals surface area contributed by atoms with E-state index >= 15 is 0 Å². The Morgan fingerprint density at radius 2 is 1.70 bits per heavy atom. The number of ether oxygens (including phenoxy) is 1. The van der Waals surface area contributed by atoms with E-state index in [9.17, 15) is 5.11 Å². The van der Waals surface area contributed by atoms with Crippen molar-refractivity contribution in [3.63, 3.8) is 0 Å². The van der Waals surface area contributed by atoms with Crippen LogP contribution in [0.1, 0.15) is 24.5 Å². The molecule has 20 heavy (non-hydrogen) atoms. The molecule has 3 heteroatoms. The van der Waals surface area contributed by atoms with Gasteiger partial charge in [-0.15, -0.1) is 11.6 Å². The normalized spacial score (nSPS) is 13.8. The van der Waals surface area contributed by atoms with Crippen molar-refractivity contribution in [3.05, 3.63) is 65.7 Å². The van der Waals surface area contributed by atoms with Crippen molar-refractivity contribution in [3.8, 4) is 5.75 Å². The largest absolute Gasteiger partial charge is 0.493 e. The van der Waals surface area contributed by atoms with Crippen LogP contribution in [0.4, 0.5) is 0 Å². The van der Waals surface area contributed by atoms with Crippen LogP contribution >= 0.6 is 11.6 Å². The van der Waals surface area contributed by atoms with Crippen LogP contribution in [0.3, 0.4) is 0 Å². The highest BCUT2D eigenvalue weighted by molar-refractivity contribution is 6.17. The average Bonchev–Trinajstić information content (AvgIpc) is 2.49. The van der Waals surface area contributed by atoms with Gasteiger partial charge in [0.25, 0.3) is 0 Å². The second kappa shape index (κ2) is 6.78. The number of halogens is 1. The molecule has 0 saturated heterocycles. The summed E-state index contributed by atoms with van der Waals surface area (Å²) in [6, 6.07) is 17.2. The Kier molecular flexibility index (Phi) is 5.05. The number of aliphatic hydroxyl groups is 1. The van der Waals surface area contributed by atoms with Crippen molar-refractivity contribution in [2.75, 3.05) is 12.5 Å². The lowest BCUT2D eigenvalue weighted by atomic mass is 9.83. The van der Waals surface area contributed by atoms with E-state index in [2.05, 4.69) is 0 Å². The Morgan fingerprint density at radius 1 is 1.05 bits per heavy atom. The predicted octanol–water partition coefficient (Wildman–Crippen LogP) is 3.95. The monoisotopic (exact) mass is 290 g/mol. The van der Waals surface area contributed by atoms with Crippen molar-refractivity contribution in [1.29, 1.82) is 0 Å². The summed E-state index contributed by atoms with van der Waals surface area (Å²) in [5, 5.41) is 11.2. The lowest BCUT2D eigenvalue weighted by Gasteiger charge is -2.30. The molecule has 2 aromatic carbocycles. The maximum Gasteiger partial charge on any atom is 0.125 e. The highest BCUT2D eigenvalue weighted by Crippen LogP contribution is 2.38. The van der Waals surface area contributed by atoms with Crippen LogP contribution in [0.25, 0.3) is 0 Å². The van der Waals surface area contributed by atoms with Gasteiger partial charge >= 0.3 is 0 Å². The standard InChI is InChI=1S/C17H19ClO2/c1-2-20-16-11-7-6-10-15(16)17(19,12-13-18)14-8-4-3-5-9-14/h3-11,19H,2,12-13H2,1H3. The van der Waals surface area contributed by atoms with E-state index < -0.39 is 5.60 Å². The molecule has 0 bridgehead atoms. The molecule has 0 aliphatic heterocycles. The zero-order valence-corrected chi connectivity index (χ0v) is 12.3. The van der Waals surface area contributed by atoms with Crippen molar-refractivity contribution in [2.24, 2.45) is 0 Å². The summed E-state index contributed by atoms with van der Waals surface area (Å²) in [7, 11) is 0. The molecule has 0 fully saturated rings. The Bertz CT molecular complexity index is 542. The van der Waals surface area contributed by atoms with Crippen LogP contribution in [0, 0.1) is 0 Å². The second-order valence-corrected chi connectivity index (χ2v) is 4.97. The molecule has 1 unspecified atom stereocenters. The van der Waals surface area contributed by atoms with Gasteiger partial charge in [-0.05, 0) is 25.0 Å². The third-order valence-corrected chi connectivity index (χ3v) is 3.53. The smallest absolute Gasteiger partial charge is 0.125 e. The summed E-state index contributed by atoms with van der Waals surface area (Å²) < 4.78 is 5.65. The molecule has 2 nitrogen and oxygen atoms in total. The zero-order chi connectivity index (χ0) is 14.4. The number of rotatable bonds is 6. The summed E-state index contributed by atoms with van der Waals surface area (Å²) in [6.45, 7) is 2.49. The van der Waals surface area contributed by atoms with E-state index in [1.165, 1.54) is 0 Å². The first-order valence-corrected chi connectivity index (χ1v) is 7.32. The molecule has 2 rings (SSSR count). The molecule has 0 aliphatic rings. The number of hydrogen-bond acceptors (Lipinski definition) is 2. The quantitative estimate of drug-likeness (QED) is 0.816. The van der Waals surface area contributed by atoms with E-state index in [0.717, 1.165) is 11.1 Å². The van der Waals surface area contributed by atoms with Gasteiger partial charge in [-0.1, -0.05) is 48.5 Å². The molecule has 0 amide bonds. The summed E-state index contributed by atoms with van der Waals surface area (Å²) in [5.41, 5.74) is 0.455. The van der Waals surface area contributed by atoms with Gasteiger partial charge in [-0.3, -0.25) is 0 Å². The Balaban J connectivity index is 2.53. The minimum absolute atomic E-state index is 0.367. The SMILES string of the molecule is CCOc1ccccc1C(O)(CCCl)c1ccccc1. The molecule has 0 radical (unpaired) electrons. The van der Waals surface area contributed by atoms with E-state index in [1.54, 1.807) is 0 Å². The number of benzene rings is 2. The Morgan fingerprint density at radius 3 is 2.35 bits per heavy atom. The van der Waals surface area contributed by atoms with E-state index in [-0.39, 0.29) is 0 Å². The van der Waals surface area contributed by atoms with E-state index in [4.69, 9.17) is 16.3 Å². The molecule has 1 atom stereocenters. The van der Waals surface area contributed by atoms with Gasteiger partial charge in [-0.25, -0.2) is 0 Å². The fraction of sp³-hybridized carbons (Fsp3) is 0.294. The summed E-state index contributed by atoms with van der Waals surface area (Å²) in [6.07, 6.45) is 0.433. The zero-order valence-electron chi connectivity index (χ0n) is 11.6. The van der Waals surface area contributed by atoms with E-state index in [0.29, 0.717) is 24.7 Å². The molecule has 2 aromatic rings. The summed E-state index contributed by atoms with van der Waals surface area (Å²) in [5.74, 6) is 1.07. The molecule has 1 N–H and O–H groups in total. The molecule has 0 heterocycles. The van der Waals surface area contributed by atoms with Crippen LogP contribution in [-0.2, 0) is 5.60 Å². The fourth-order valence-electron chi connectivity index (χ4n) is 2.37.